The molecule has 0 bridgehead atoms. The predicted molar refractivity (Wildman–Crippen MR) is 73.9 cm³/mol. The Labute approximate surface area is 109 Å². The molecule has 17 heavy (non-hydrogen) atoms. The van der Waals surface area contributed by atoms with Crippen LogP contribution in [-0.2, 0) is 0 Å². The third-order valence-corrected chi connectivity index (χ3v) is 3.74. The summed E-state index contributed by atoms with van der Waals surface area (Å²) < 4.78 is 0. The van der Waals surface area contributed by atoms with Crippen LogP contribution < -0.4 is 0 Å². The van der Waals surface area contributed by atoms with E-state index in [9.17, 15) is 4.79 Å². The second-order valence-electron chi connectivity index (χ2n) is 3.65. The van der Waals surface area contributed by atoms with E-state index in [0.29, 0.717) is 10.6 Å². The number of hydrogen-bond donors (Lipinski definition) is 0. The van der Waals surface area contributed by atoms with Gasteiger partial charge in [-0.1, -0.05) is 23.7 Å². The van der Waals surface area contributed by atoms with Crippen molar-refractivity contribution in [3.05, 3.63) is 62.8 Å². The highest BCUT2D eigenvalue weighted by atomic mass is 35.5. The normalized spacial score (nSPS) is 10.9. The largest absolute Gasteiger partial charge is 0.289 e. The molecule has 0 fully saturated rings. The zero-order valence-corrected chi connectivity index (χ0v) is 10.9. The number of thiophene rings is 1. The molecule has 86 valence electrons. The number of ketones is 1. The van der Waals surface area contributed by atoms with Gasteiger partial charge < -0.3 is 0 Å². The van der Waals surface area contributed by atoms with Crippen LogP contribution >= 0.6 is 22.9 Å². The molecule has 0 saturated heterocycles. The molecule has 2 rings (SSSR count). The number of aryl methyl sites for hydroxylation is 1. The molecule has 1 aromatic carbocycles. The van der Waals surface area contributed by atoms with Crippen LogP contribution in [0.15, 0.2) is 41.8 Å². The molecule has 0 N–H and O–H groups in total. The van der Waals surface area contributed by atoms with E-state index in [1.807, 2.05) is 36.6 Å². The van der Waals surface area contributed by atoms with Crippen LogP contribution in [0.2, 0.25) is 5.02 Å². The fourth-order valence-corrected chi connectivity index (χ4v) is 2.51. The van der Waals surface area contributed by atoms with Gasteiger partial charge in [0.2, 0.25) is 0 Å². The van der Waals surface area contributed by atoms with Crippen molar-refractivity contribution in [1.29, 1.82) is 0 Å². The molecule has 1 aromatic heterocycles. The zero-order chi connectivity index (χ0) is 12.3. The average molecular weight is 263 g/mol. The first-order chi connectivity index (χ1) is 8.18. The van der Waals surface area contributed by atoms with Gasteiger partial charge in [0.15, 0.2) is 5.78 Å². The van der Waals surface area contributed by atoms with E-state index in [4.69, 9.17) is 11.6 Å². The Bertz CT molecular complexity index is 569. The molecule has 3 heteroatoms. The monoisotopic (exact) mass is 262 g/mol. The fourth-order valence-electron chi connectivity index (χ4n) is 1.46. The van der Waals surface area contributed by atoms with Crippen molar-refractivity contribution in [2.45, 2.75) is 6.92 Å². The summed E-state index contributed by atoms with van der Waals surface area (Å²) in [5.74, 6) is -0.0663. The van der Waals surface area contributed by atoms with Crippen molar-refractivity contribution in [3.63, 3.8) is 0 Å². The first-order valence-corrected chi connectivity index (χ1v) is 6.45. The minimum Gasteiger partial charge on any atom is -0.289 e. The van der Waals surface area contributed by atoms with Crippen molar-refractivity contribution in [1.82, 2.24) is 0 Å². The first-order valence-electron chi connectivity index (χ1n) is 5.19. The van der Waals surface area contributed by atoms with Gasteiger partial charge >= 0.3 is 0 Å². The van der Waals surface area contributed by atoms with Crippen LogP contribution in [0, 0.1) is 6.92 Å². The molecule has 1 nitrogen and oxygen atoms in total. The quantitative estimate of drug-likeness (QED) is 0.583. The molecular formula is C14H11ClOS. The Balaban J connectivity index is 2.21. The summed E-state index contributed by atoms with van der Waals surface area (Å²) >= 11 is 7.58. The Morgan fingerprint density at radius 1 is 1.29 bits per heavy atom. The van der Waals surface area contributed by atoms with E-state index < -0.39 is 0 Å². The van der Waals surface area contributed by atoms with Gasteiger partial charge in [-0.2, -0.15) is 0 Å². The average Bonchev–Trinajstić information content (AvgIpc) is 2.72. The smallest absolute Gasteiger partial charge is 0.187 e. The van der Waals surface area contributed by atoms with Crippen LogP contribution in [0.3, 0.4) is 0 Å². The molecule has 0 radical (unpaired) electrons. The molecule has 1 heterocycles. The SMILES string of the molecule is Cc1ccsc1/C=C/C(=O)c1ccccc1Cl. The molecule has 0 aliphatic rings. The lowest BCUT2D eigenvalue weighted by molar-refractivity contribution is 0.104. The number of hydrogen-bond acceptors (Lipinski definition) is 2. The van der Waals surface area contributed by atoms with E-state index in [1.165, 1.54) is 5.56 Å². The van der Waals surface area contributed by atoms with Crippen LogP contribution in [0.4, 0.5) is 0 Å². The summed E-state index contributed by atoms with van der Waals surface area (Å²) in [5, 5.41) is 2.50. The van der Waals surface area contributed by atoms with E-state index in [-0.39, 0.29) is 5.78 Å². The Kier molecular flexibility index (Phi) is 3.77. The number of carbonyl (C=O) groups excluding carboxylic acids is 1. The third kappa shape index (κ3) is 2.84. The third-order valence-electron chi connectivity index (χ3n) is 2.43. The van der Waals surface area contributed by atoms with Crippen LogP contribution in [0.25, 0.3) is 6.08 Å². The van der Waals surface area contributed by atoms with Gasteiger partial charge in [-0.3, -0.25) is 4.79 Å². The van der Waals surface area contributed by atoms with Gasteiger partial charge in [-0.25, -0.2) is 0 Å². The van der Waals surface area contributed by atoms with Gasteiger partial charge in [0.05, 0.1) is 5.02 Å². The second kappa shape index (κ2) is 5.30. The Morgan fingerprint density at radius 2 is 2.06 bits per heavy atom. The van der Waals surface area contributed by atoms with Crippen LogP contribution in [-0.4, -0.2) is 5.78 Å². The maximum atomic E-state index is 11.9. The molecule has 0 aliphatic heterocycles. The highest BCUT2D eigenvalue weighted by molar-refractivity contribution is 7.11. The van der Waals surface area contributed by atoms with Gasteiger partial charge in [-0.05, 0) is 48.2 Å². The highest BCUT2D eigenvalue weighted by Gasteiger charge is 2.06. The van der Waals surface area contributed by atoms with Gasteiger partial charge in [0.25, 0.3) is 0 Å². The summed E-state index contributed by atoms with van der Waals surface area (Å²) in [6, 6.07) is 9.11. The van der Waals surface area contributed by atoms with Crippen LogP contribution in [0.1, 0.15) is 20.8 Å². The van der Waals surface area contributed by atoms with Gasteiger partial charge in [0.1, 0.15) is 0 Å². The van der Waals surface area contributed by atoms with Crippen molar-refractivity contribution < 1.29 is 4.79 Å². The molecule has 2 aromatic rings. The van der Waals surface area contributed by atoms with Gasteiger partial charge in [-0.15, -0.1) is 11.3 Å². The van der Waals surface area contributed by atoms with Gasteiger partial charge in [0, 0.05) is 10.4 Å². The van der Waals surface area contributed by atoms with E-state index in [2.05, 4.69) is 0 Å². The molecular weight excluding hydrogens is 252 g/mol. The lowest BCUT2D eigenvalue weighted by atomic mass is 10.1. The molecule has 0 atom stereocenters. The number of halogens is 1. The summed E-state index contributed by atoms with van der Waals surface area (Å²) in [6.07, 6.45) is 3.41. The van der Waals surface area contributed by atoms with Crippen LogP contribution in [0.5, 0.6) is 0 Å². The fraction of sp³-hybridized carbons (Fsp3) is 0.0714. The summed E-state index contributed by atoms with van der Waals surface area (Å²) in [4.78, 5) is 13.0. The van der Waals surface area contributed by atoms with Crippen molar-refractivity contribution in [2.24, 2.45) is 0 Å². The van der Waals surface area contributed by atoms with E-state index in [1.54, 1.807) is 29.5 Å². The van der Waals surface area contributed by atoms with E-state index in [0.717, 1.165) is 4.88 Å². The second-order valence-corrected chi connectivity index (χ2v) is 5.00. The maximum Gasteiger partial charge on any atom is 0.187 e. The highest BCUT2D eigenvalue weighted by Crippen LogP contribution is 2.19. The molecule has 0 saturated carbocycles. The summed E-state index contributed by atoms with van der Waals surface area (Å²) in [6.45, 7) is 2.02. The Hall–Kier alpha value is -1.38. The minimum atomic E-state index is -0.0663. The topological polar surface area (TPSA) is 17.1 Å². The lowest BCUT2D eigenvalue weighted by Gasteiger charge is -1.98. The summed E-state index contributed by atoms with van der Waals surface area (Å²) in [5.41, 5.74) is 1.72. The zero-order valence-electron chi connectivity index (χ0n) is 9.31. The predicted octanol–water partition coefficient (Wildman–Crippen LogP) is 4.61. The maximum absolute atomic E-state index is 11.9. The standard InChI is InChI=1S/C14H11ClOS/c1-10-8-9-17-14(10)7-6-13(16)11-4-2-3-5-12(11)15/h2-9H,1H3/b7-6+. The van der Waals surface area contributed by atoms with Crippen molar-refractivity contribution >= 4 is 34.8 Å². The minimum absolute atomic E-state index is 0.0663. The van der Waals surface area contributed by atoms with E-state index >= 15 is 0 Å². The van der Waals surface area contributed by atoms with Crippen molar-refractivity contribution in [2.75, 3.05) is 0 Å². The molecule has 0 spiro atoms. The molecule has 0 amide bonds. The number of rotatable bonds is 3. The molecule has 0 aliphatic carbocycles. The number of allylic oxidation sites excluding steroid dienone is 1. The van der Waals surface area contributed by atoms with Crippen molar-refractivity contribution in [3.8, 4) is 0 Å². The Morgan fingerprint density at radius 3 is 2.71 bits per heavy atom. The molecule has 0 unspecified atom stereocenters. The number of benzene rings is 1. The number of carbonyl (C=O) groups is 1. The first kappa shape index (κ1) is 12.1. The lowest BCUT2D eigenvalue weighted by Crippen LogP contribution is -1.94. The summed E-state index contributed by atoms with van der Waals surface area (Å²) in [7, 11) is 0.